The third-order valence-corrected chi connectivity index (χ3v) is 6.34. The number of esters is 1. The lowest BCUT2D eigenvalue weighted by Crippen LogP contribution is -2.30. The van der Waals surface area contributed by atoms with Crippen LogP contribution in [0.5, 0.6) is 0 Å². The Morgan fingerprint density at radius 3 is 2.45 bits per heavy atom. The van der Waals surface area contributed by atoms with Crippen molar-refractivity contribution in [2.75, 3.05) is 13.7 Å². The first-order valence-electron chi connectivity index (χ1n) is 9.02. The normalized spacial score (nSPS) is 13.1. The van der Waals surface area contributed by atoms with Crippen LogP contribution in [0.25, 0.3) is 10.7 Å². The van der Waals surface area contributed by atoms with Gasteiger partial charge in [0.15, 0.2) is 5.69 Å². The smallest absolute Gasteiger partial charge is 0.357 e. The number of rotatable bonds is 7. The summed E-state index contributed by atoms with van der Waals surface area (Å²) in [6.45, 7) is 0.402. The quantitative estimate of drug-likeness (QED) is 0.325. The van der Waals surface area contributed by atoms with Crippen LogP contribution in [0, 0.1) is 0 Å². The summed E-state index contributed by atoms with van der Waals surface area (Å²) < 4.78 is 4.67. The maximum Gasteiger partial charge on any atom is 0.357 e. The van der Waals surface area contributed by atoms with Gasteiger partial charge < -0.3 is 4.74 Å². The number of amides is 2. The number of carbonyl (C=O) groups excluding carboxylic acids is 3. The Kier molecular flexibility index (Phi) is 5.50. The van der Waals surface area contributed by atoms with Crippen LogP contribution in [-0.2, 0) is 11.2 Å². The molecule has 2 amide bonds. The molecule has 3 aromatic rings. The molecular formula is C20H17N3O4S2. The Balaban J connectivity index is 1.30. The molecule has 1 aliphatic heterocycles. The average molecular weight is 428 g/mol. The predicted molar refractivity (Wildman–Crippen MR) is 109 cm³/mol. The summed E-state index contributed by atoms with van der Waals surface area (Å²) in [6.07, 6.45) is 2.28. The van der Waals surface area contributed by atoms with Gasteiger partial charge in [-0.15, -0.1) is 22.7 Å². The predicted octanol–water partition coefficient (Wildman–Crippen LogP) is 3.67. The zero-order valence-electron chi connectivity index (χ0n) is 15.6. The van der Waals surface area contributed by atoms with Crippen molar-refractivity contribution in [3.63, 3.8) is 0 Å². The van der Waals surface area contributed by atoms with Crippen molar-refractivity contribution in [2.45, 2.75) is 19.3 Å². The number of hydrogen-bond acceptors (Lipinski definition) is 8. The molecule has 148 valence electrons. The molecule has 0 radical (unpaired) electrons. The monoisotopic (exact) mass is 427 g/mol. The number of aryl methyl sites for hydroxylation is 1. The maximum absolute atomic E-state index is 12.4. The first kappa shape index (κ1) is 19.4. The van der Waals surface area contributed by atoms with E-state index in [-0.39, 0.29) is 17.5 Å². The second kappa shape index (κ2) is 8.22. The van der Waals surface area contributed by atoms with Gasteiger partial charge >= 0.3 is 5.97 Å². The highest BCUT2D eigenvalue weighted by molar-refractivity contribution is 7.14. The van der Waals surface area contributed by atoms with E-state index in [0.29, 0.717) is 29.1 Å². The molecule has 0 saturated carbocycles. The molecular weight excluding hydrogens is 410 g/mol. The summed E-state index contributed by atoms with van der Waals surface area (Å²) in [5.41, 5.74) is 1.99. The molecule has 0 bridgehead atoms. The highest BCUT2D eigenvalue weighted by Gasteiger charge is 2.34. The van der Waals surface area contributed by atoms with Gasteiger partial charge in [0.25, 0.3) is 11.8 Å². The van der Waals surface area contributed by atoms with Crippen LogP contribution in [0.2, 0.25) is 0 Å². The van der Waals surface area contributed by atoms with E-state index in [1.54, 1.807) is 29.6 Å². The van der Waals surface area contributed by atoms with E-state index in [2.05, 4.69) is 14.7 Å². The first-order chi connectivity index (χ1) is 14.1. The fourth-order valence-corrected chi connectivity index (χ4v) is 4.75. The van der Waals surface area contributed by atoms with E-state index in [1.807, 2.05) is 5.38 Å². The van der Waals surface area contributed by atoms with Crippen LogP contribution in [0.1, 0.15) is 49.1 Å². The molecule has 0 saturated heterocycles. The number of nitrogens with zero attached hydrogens (tertiary/aromatic N) is 3. The summed E-state index contributed by atoms with van der Waals surface area (Å²) in [5.74, 6) is -0.893. The molecule has 0 unspecified atom stereocenters. The Morgan fingerprint density at radius 1 is 1.03 bits per heavy atom. The van der Waals surface area contributed by atoms with Crippen molar-refractivity contribution in [2.24, 2.45) is 0 Å². The second-order valence-corrected chi connectivity index (χ2v) is 8.22. The molecule has 1 aromatic carbocycles. The zero-order valence-corrected chi connectivity index (χ0v) is 17.2. The number of hydrogen-bond donors (Lipinski definition) is 0. The van der Waals surface area contributed by atoms with Gasteiger partial charge in [-0.2, -0.15) is 0 Å². The van der Waals surface area contributed by atoms with E-state index in [1.165, 1.54) is 34.7 Å². The molecule has 0 atom stereocenters. The zero-order chi connectivity index (χ0) is 20.4. The van der Waals surface area contributed by atoms with E-state index in [0.717, 1.165) is 23.5 Å². The molecule has 2 aromatic heterocycles. The van der Waals surface area contributed by atoms with Crippen LogP contribution in [-0.4, -0.2) is 46.3 Å². The van der Waals surface area contributed by atoms with E-state index in [9.17, 15) is 14.4 Å². The molecule has 0 aliphatic carbocycles. The molecule has 0 N–H and O–H groups in total. The number of aromatic nitrogens is 2. The van der Waals surface area contributed by atoms with E-state index >= 15 is 0 Å². The molecule has 9 heteroatoms. The van der Waals surface area contributed by atoms with Gasteiger partial charge in [-0.3, -0.25) is 14.5 Å². The molecule has 29 heavy (non-hydrogen) atoms. The Bertz CT molecular complexity index is 1050. The topological polar surface area (TPSA) is 89.5 Å². The lowest BCUT2D eigenvalue weighted by Gasteiger charge is -2.13. The van der Waals surface area contributed by atoms with Gasteiger partial charge in [0.2, 0.25) is 0 Å². The van der Waals surface area contributed by atoms with Crippen molar-refractivity contribution < 1.29 is 19.1 Å². The standard InChI is InChI=1S/C20H17N3O4S2/c1-27-20(26)15-11-29-17(22-15)14-10-28-16(21-14)8-4-5-9-23-18(24)12-6-2-3-7-13(12)19(23)25/h2-3,6-7,10-11H,4-5,8-9H2,1H3. The minimum Gasteiger partial charge on any atom is -0.464 e. The van der Waals surface area contributed by atoms with Crippen LogP contribution in [0.4, 0.5) is 0 Å². The summed E-state index contributed by atoms with van der Waals surface area (Å²) in [5, 5.41) is 5.21. The number of methoxy groups -OCH3 is 1. The van der Waals surface area contributed by atoms with Gasteiger partial charge in [-0.25, -0.2) is 14.8 Å². The maximum atomic E-state index is 12.4. The lowest BCUT2D eigenvalue weighted by atomic mass is 10.1. The number of fused-ring (bicyclic) bond motifs is 1. The number of carbonyl (C=O) groups is 3. The molecule has 1 aliphatic rings. The number of ether oxygens (including phenoxy) is 1. The van der Waals surface area contributed by atoms with Gasteiger partial charge in [0, 0.05) is 17.3 Å². The molecule has 7 nitrogen and oxygen atoms in total. The SMILES string of the molecule is COC(=O)c1csc(-c2csc(CCCCN3C(=O)c4ccccc4C3=O)n2)n1. The fraction of sp³-hybridized carbons (Fsp3) is 0.250. The second-order valence-electron chi connectivity index (χ2n) is 6.42. The summed E-state index contributed by atoms with van der Waals surface area (Å²) >= 11 is 2.88. The van der Waals surface area contributed by atoms with Gasteiger partial charge in [-0.05, 0) is 31.4 Å². The van der Waals surface area contributed by atoms with Crippen molar-refractivity contribution in [3.05, 3.63) is 56.9 Å². The van der Waals surface area contributed by atoms with Gasteiger partial charge in [-0.1, -0.05) is 12.1 Å². The highest BCUT2D eigenvalue weighted by Crippen LogP contribution is 2.27. The number of benzene rings is 1. The molecule has 4 rings (SSSR count). The minimum absolute atomic E-state index is 0.215. The Hall–Kier alpha value is -2.91. The minimum atomic E-state index is -0.462. The average Bonchev–Trinajstić information content (AvgIpc) is 3.46. The van der Waals surface area contributed by atoms with E-state index < -0.39 is 5.97 Å². The number of thiazole rings is 2. The Morgan fingerprint density at radius 2 is 1.76 bits per heavy atom. The largest absolute Gasteiger partial charge is 0.464 e. The molecule has 0 spiro atoms. The van der Waals surface area contributed by atoms with Crippen LogP contribution < -0.4 is 0 Å². The molecule has 3 heterocycles. The summed E-state index contributed by atoms with van der Waals surface area (Å²) in [4.78, 5) is 46.4. The van der Waals surface area contributed by atoms with Crippen LogP contribution in [0.3, 0.4) is 0 Å². The van der Waals surface area contributed by atoms with Gasteiger partial charge in [0.05, 0.1) is 23.2 Å². The van der Waals surface area contributed by atoms with Gasteiger partial charge in [0.1, 0.15) is 10.7 Å². The fourth-order valence-electron chi connectivity index (χ4n) is 3.10. The number of imide groups is 1. The lowest BCUT2D eigenvalue weighted by molar-refractivity contribution is 0.0593. The number of unbranched alkanes of at least 4 members (excludes halogenated alkanes) is 1. The Labute approximate surface area is 175 Å². The van der Waals surface area contributed by atoms with Crippen molar-refractivity contribution >= 4 is 40.5 Å². The van der Waals surface area contributed by atoms with Crippen molar-refractivity contribution in [1.82, 2.24) is 14.9 Å². The molecule has 0 fully saturated rings. The van der Waals surface area contributed by atoms with Crippen LogP contribution >= 0.6 is 22.7 Å². The first-order valence-corrected chi connectivity index (χ1v) is 10.8. The van der Waals surface area contributed by atoms with Crippen molar-refractivity contribution in [1.29, 1.82) is 0 Å². The van der Waals surface area contributed by atoms with E-state index in [4.69, 9.17) is 0 Å². The van der Waals surface area contributed by atoms with Crippen molar-refractivity contribution in [3.8, 4) is 10.7 Å². The highest BCUT2D eigenvalue weighted by atomic mass is 32.1. The third kappa shape index (κ3) is 3.83. The summed E-state index contributed by atoms with van der Waals surface area (Å²) in [7, 11) is 1.32. The third-order valence-electron chi connectivity index (χ3n) is 4.57. The van der Waals surface area contributed by atoms with Crippen LogP contribution in [0.15, 0.2) is 35.0 Å². The summed E-state index contributed by atoms with van der Waals surface area (Å²) in [6, 6.07) is 6.92.